The van der Waals surface area contributed by atoms with Gasteiger partial charge in [-0.25, -0.2) is 4.39 Å². The molecule has 0 radical (unpaired) electrons. The quantitative estimate of drug-likeness (QED) is 0.790. The lowest BCUT2D eigenvalue weighted by atomic mass is 10.1. The third kappa shape index (κ3) is 3.44. The highest BCUT2D eigenvalue weighted by Gasteiger charge is 2.16. The summed E-state index contributed by atoms with van der Waals surface area (Å²) in [6.45, 7) is 2.72. The van der Waals surface area contributed by atoms with Gasteiger partial charge >= 0.3 is 0 Å². The predicted molar refractivity (Wildman–Crippen MR) is 64.8 cm³/mol. The van der Waals surface area contributed by atoms with E-state index in [1.807, 2.05) is 0 Å². The van der Waals surface area contributed by atoms with Gasteiger partial charge in [-0.2, -0.15) is 0 Å². The molecule has 0 spiro atoms. The second-order valence-corrected chi connectivity index (χ2v) is 3.92. The van der Waals surface area contributed by atoms with Crippen LogP contribution in [0, 0.1) is 5.82 Å². The number of unbranched alkanes of at least 4 members (excludes halogenated alkanes) is 1. The maximum Gasteiger partial charge on any atom is 0.257 e. The summed E-state index contributed by atoms with van der Waals surface area (Å²) in [4.78, 5) is 13.6. The van der Waals surface area contributed by atoms with E-state index in [1.54, 1.807) is 11.9 Å². The molecule has 0 aliphatic carbocycles. The molecule has 17 heavy (non-hydrogen) atoms. The molecular weight excluding hydrogens is 221 g/mol. The molecule has 1 aromatic carbocycles. The number of hydrogen-bond acceptors (Lipinski definition) is 2. The third-order valence-corrected chi connectivity index (χ3v) is 2.59. The number of nitrogens with zero attached hydrogens (tertiary/aromatic N) is 1. The topological polar surface area (TPSA) is 29.5 Å². The SMILES string of the molecule is CCCCN(C)C(=O)c1cc(F)ccc1OC. The summed E-state index contributed by atoms with van der Waals surface area (Å²) in [5.41, 5.74) is 0.270. The standard InChI is InChI=1S/C13H18FNO2/c1-4-5-8-15(2)13(16)11-9-10(14)6-7-12(11)17-3/h6-7,9H,4-5,8H2,1-3H3. The molecule has 3 nitrogen and oxygen atoms in total. The van der Waals surface area contributed by atoms with Gasteiger partial charge in [0.25, 0.3) is 5.91 Å². The summed E-state index contributed by atoms with van der Waals surface area (Å²) in [6.07, 6.45) is 1.94. The van der Waals surface area contributed by atoms with Crippen molar-refractivity contribution in [2.24, 2.45) is 0 Å². The van der Waals surface area contributed by atoms with Crippen molar-refractivity contribution in [2.75, 3.05) is 20.7 Å². The normalized spacial score (nSPS) is 10.1. The minimum absolute atomic E-state index is 0.213. The Hall–Kier alpha value is -1.58. The molecule has 0 saturated carbocycles. The first-order valence-corrected chi connectivity index (χ1v) is 5.69. The molecule has 0 heterocycles. The second kappa shape index (κ2) is 6.23. The van der Waals surface area contributed by atoms with E-state index in [1.165, 1.54) is 25.3 Å². The van der Waals surface area contributed by atoms with Crippen LogP contribution in [-0.4, -0.2) is 31.5 Å². The number of amides is 1. The Labute approximate surface area is 101 Å². The largest absolute Gasteiger partial charge is 0.496 e. The maximum atomic E-state index is 13.1. The van der Waals surface area contributed by atoms with Crippen LogP contribution >= 0.6 is 0 Å². The average molecular weight is 239 g/mol. The van der Waals surface area contributed by atoms with Crippen molar-refractivity contribution < 1.29 is 13.9 Å². The van der Waals surface area contributed by atoms with Gasteiger partial charge in [0.15, 0.2) is 0 Å². The summed E-state index contributed by atoms with van der Waals surface area (Å²) >= 11 is 0. The lowest BCUT2D eigenvalue weighted by Gasteiger charge is -2.18. The van der Waals surface area contributed by atoms with Gasteiger partial charge in [-0.05, 0) is 24.6 Å². The summed E-state index contributed by atoms with van der Waals surface area (Å²) in [5, 5.41) is 0. The Morgan fingerprint density at radius 2 is 2.18 bits per heavy atom. The Morgan fingerprint density at radius 1 is 1.47 bits per heavy atom. The van der Waals surface area contributed by atoms with E-state index in [0.717, 1.165) is 12.8 Å². The van der Waals surface area contributed by atoms with Crippen LogP contribution in [0.2, 0.25) is 0 Å². The highest BCUT2D eigenvalue weighted by Crippen LogP contribution is 2.20. The van der Waals surface area contributed by atoms with Gasteiger partial charge in [-0.3, -0.25) is 4.79 Å². The van der Waals surface area contributed by atoms with Gasteiger partial charge in [-0.15, -0.1) is 0 Å². The molecule has 1 rings (SSSR count). The van der Waals surface area contributed by atoms with E-state index in [9.17, 15) is 9.18 Å². The van der Waals surface area contributed by atoms with Gasteiger partial charge in [0.1, 0.15) is 11.6 Å². The zero-order valence-corrected chi connectivity index (χ0v) is 10.5. The molecule has 0 unspecified atom stereocenters. The smallest absolute Gasteiger partial charge is 0.257 e. The fourth-order valence-corrected chi connectivity index (χ4v) is 1.55. The van der Waals surface area contributed by atoms with Crippen molar-refractivity contribution in [3.05, 3.63) is 29.6 Å². The highest BCUT2D eigenvalue weighted by molar-refractivity contribution is 5.96. The first kappa shape index (κ1) is 13.5. The van der Waals surface area contributed by atoms with E-state index in [-0.39, 0.29) is 11.5 Å². The van der Waals surface area contributed by atoms with Crippen LogP contribution in [0.1, 0.15) is 30.1 Å². The lowest BCUT2D eigenvalue weighted by Crippen LogP contribution is -2.28. The Bertz CT molecular complexity index is 393. The first-order valence-electron chi connectivity index (χ1n) is 5.69. The monoisotopic (exact) mass is 239 g/mol. The van der Waals surface area contributed by atoms with Crippen molar-refractivity contribution >= 4 is 5.91 Å². The zero-order chi connectivity index (χ0) is 12.8. The van der Waals surface area contributed by atoms with Crippen LogP contribution in [0.25, 0.3) is 0 Å². The Morgan fingerprint density at radius 3 is 2.76 bits per heavy atom. The van der Waals surface area contributed by atoms with E-state index in [0.29, 0.717) is 12.3 Å². The summed E-state index contributed by atoms with van der Waals surface area (Å²) in [5.74, 6) is -0.243. The zero-order valence-electron chi connectivity index (χ0n) is 10.5. The van der Waals surface area contributed by atoms with Crippen LogP contribution in [0.5, 0.6) is 5.75 Å². The molecule has 0 saturated heterocycles. The number of methoxy groups -OCH3 is 1. The molecular formula is C13H18FNO2. The van der Waals surface area contributed by atoms with E-state index in [2.05, 4.69) is 6.92 Å². The Kier molecular flexibility index (Phi) is 4.94. The van der Waals surface area contributed by atoms with Crippen LogP contribution in [0.15, 0.2) is 18.2 Å². The first-order chi connectivity index (χ1) is 8.10. The van der Waals surface area contributed by atoms with Crippen LogP contribution < -0.4 is 4.74 Å². The molecule has 1 aromatic rings. The van der Waals surface area contributed by atoms with Gasteiger partial charge in [0, 0.05) is 13.6 Å². The van der Waals surface area contributed by atoms with Crippen molar-refractivity contribution in [1.82, 2.24) is 4.90 Å². The Balaban J connectivity index is 2.90. The highest BCUT2D eigenvalue weighted by atomic mass is 19.1. The van der Waals surface area contributed by atoms with Gasteiger partial charge in [-0.1, -0.05) is 13.3 Å². The molecule has 0 atom stereocenters. The van der Waals surface area contributed by atoms with Crippen molar-refractivity contribution in [3.63, 3.8) is 0 Å². The predicted octanol–water partition coefficient (Wildman–Crippen LogP) is 2.71. The second-order valence-electron chi connectivity index (χ2n) is 3.92. The number of rotatable bonds is 5. The van der Waals surface area contributed by atoms with Crippen LogP contribution in [0.3, 0.4) is 0 Å². The minimum atomic E-state index is -0.432. The molecule has 0 N–H and O–H groups in total. The number of halogens is 1. The van der Waals surface area contributed by atoms with Gasteiger partial charge < -0.3 is 9.64 Å². The van der Waals surface area contributed by atoms with Gasteiger partial charge in [0.2, 0.25) is 0 Å². The number of carbonyl (C=O) groups is 1. The molecule has 94 valence electrons. The van der Waals surface area contributed by atoms with E-state index < -0.39 is 5.82 Å². The van der Waals surface area contributed by atoms with Crippen LogP contribution in [-0.2, 0) is 0 Å². The lowest BCUT2D eigenvalue weighted by molar-refractivity contribution is 0.0789. The van der Waals surface area contributed by atoms with Crippen LogP contribution in [0.4, 0.5) is 4.39 Å². The molecule has 0 fully saturated rings. The van der Waals surface area contributed by atoms with Crippen molar-refractivity contribution in [1.29, 1.82) is 0 Å². The van der Waals surface area contributed by atoms with Crippen molar-refractivity contribution in [3.8, 4) is 5.75 Å². The fourth-order valence-electron chi connectivity index (χ4n) is 1.55. The summed E-state index contributed by atoms with van der Waals surface area (Å²) < 4.78 is 18.2. The molecule has 4 heteroatoms. The van der Waals surface area contributed by atoms with Crippen molar-refractivity contribution in [2.45, 2.75) is 19.8 Å². The third-order valence-electron chi connectivity index (χ3n) is 2.59. The molecule has 0 aliphatic rings. The molecule has 0 aliphatic heterocycles. The molecule has 0 bridgehead atoms. The van der Waals surface area contributed by atoms with E-state index in [4.69, 9.17) is 4.74 Å². The maximum absolute atomic E-state index is 13.1. The fraction of sp³-hybridized carbons (Fsp3) is 0.462. The minimum Gasteiger partial charge on any atom is -0.496 e. The average Bonchev–Trinajstić information content (AvgIpc) is 2.34. The molecule has 1 amide bonds. The summed E-state index contributed by atoms with van der Waals surface area (Å²) in [6, 6.07) is 3.96. The number of benzene rings is 1. The molecule has 0 aromatic heterocycles. The number of hydrogen-bond donors (Lipinski definition) is 0. The van der Waals surface area contributed by atoms with Gasteiger partial charge in [0.05, 0.1) is 12.7 Å². The van der Waals surface area contributed by atoms with E-state index >= 15 is 0 Å². The number of carbonyl (C=O) groups excluding carboxylic acids is 1. The number of ether oxygens (including phenoxy) is 1. The summed E-state index contributed by atoms with van der Waals surface area (Å²) in [7, 11) is 3.18.